The first-order chi connectivity index (χ1) is 35.0. The number of ether oxygens (including phenoxy) is 2. The van der Waals surface area contributed by atoms with E-state index in [4.69, 9.17) is 18.5 Å². The van der Waals surface area contributed by atoms with Gasteiger partial charge in [0, 0.05) is 12.8 Å². The first kappa shape index (κ1) is 68.4. The number of hydrogen-bond acceptors (Lipinski definition) is 7. The van der Waals surface area contributed by atoms with Crippen LogP contribution in [-0.4, -0.2) is 74.9 Å². The van der Waals surface area contributed by atoms with Crippen LogP contribution in [-0.2, 0) is 32.7 Å². The molecule has 2 unspecified atom stereocenters. The van der Waals surface area contributed by atoms with Crippen molar-refractivity contribution in [3.05, 3.63) is 122 Å². The molecule has 72 heavy (non-hydrogen) atoms. The van der Waals surface area contributed by atoms with E-state index in [1.165, 1.54) is 64.2 Å². The van der Waals surface area contributed by atoms with Crippen molar-refractivity contribution in [3.63, 3.8) is 0 Å². The molecule has 0 aliphatic carbocycles. The quantitative estimate of drug-likeness (QED) is 0.0211. The molecule has 0 aromatic rings. The molecule has 0 aliphatic rings. The summed E-state index contributed by atoms with van der Waals surface area (Å²) in [6.45, 7) is 4.15. The van der Waals surface area contributed by atoms with E-state index in [1.807, 2.05) is 21.1 Å². The number of allylic oxidation sites excluding steroid dienone is 20. The van der Waals surface area contributed by atoms with Crippen LogP contribution in [0, 0.1) is 0 Å². The van der Waals surface area contributed by atoms with Crippen molar-refractivity contribution in [3.8, 4) is 0 Å². The molecule has 0 saturated heterocycles. The maximum Gasteiger partial charge on any atom is 0.472 e. The Labute approximate surface area is 441 Å². The maximum atomic E-state index is 12.8. The Morgan fingerprint density at radius 1 is 0.431 bits per heavy atom. The molecule has 410 valence electrons. The highest BCUT2D eigenvalue weighted by atomic mass is 31.2. The largest absolute Gasteiger partial charge is 0.472 e. The third-order valence-corrected chi connectivity index (χ3v) is 12.5. The number of quaternary nitrogens is 1. The van der Waals surface area contributed by atoms with Crippen LogP contribution in [0.3, 0.4) is 0 Å². The second-order valence-corrected chi connectivity index (χ2v) is 21.0. The zero-order chi connectivity index (χ0) is 52.7. The Balaban J connectivity index is 4.22. The molecule has 9 nitrogen and oxygen atoms in total. The van der Waals surface area contributed by atoms with Gasteiger partial charge in [-0.15, -0.1) is 0 Å². The lowest BCUT2D eigenvalue weighted by molar-refractivity contribution is -0.870. The second kappa shape index (κ2) is 52.3. The van der Waals surface area contributed by atoms with E-state index < -0.39 is 32.5 Å². The number of carbonyl (C=O) groups is 2. The third-order valence-electron chi connectivity index (χ3n) is 11.5. The lowest BCUT2D eigenvalue weighted by atomic mass is 10.0. The molecule has 0 aliphatic heterocycles. The van der Waals surface area contributed by atoms with E-state index in [0.29, 0.717) is 23.9 Å². The Morgan fingerprint density at radius 2 is 0.750 bits per heavy atom. The van der Waals surface area contributed by atoms with Crippen molar-refractivity contribution < 1.29 is 42.1 Å². The molecular formula is C62H105NO8P+. The minimum atomic E-state index is -4.40. The van der Waals surface area contributed by atoms with Gasteiger partial charge in [-0.25, -0.2) is 4.57 Å². The normalized spacial score (nSPS) is 14.2. The third kappa shape index (κ3) is 55.7. The fourth-order valence-corrected chi connectivity index (χ4v) is 7.93. The predicted octanol–water partition coefficient (Wildman–Crippen LogP) is 17.6. The van der Waals surface area contributed by atoms with Gasteiger partial charge in [0.15, 0.2) is 6.10 Å². The van der Waals surface area contributed by atoms with Crippen LogP contribution in [0.25, 0.3) is 0 Å². The van der Waals surface area contributed by atoms with E-state index in [2.05, 4.69) is 135 Å². The Morgan fingerprint density at radius 3 is 1.12 bits per heavy atom. The highest BCUT2D eigenvalue weighted by Gasteiger charge is 2.27. The van der Waals surface area contributed by atoms with Crippen molar-refractivity contribution in [1.82, 2.24) is 0 Å². The maximum absolute atomic E-state index is 12.8. The second-order valence-electron chi connectivity index (χ2n) is 19.6. The smallest absolute Gasteiger partial charge is 0.462 e. The van der Waals surface area contributed by atoms with E-state index in [0.717, 1.165) is 103 Å². The summed E-state index contributed by atoms with van der Waals surface area (Å²) in [6.07, 6.45) is 74.1. The van der Waals surface area contributed by atoms with E-state index in [1.54, 1.807) is 0 Å². The molecular weight excluding hydrogens is 918 g/mol. The molecule has 0 aromatic carbocycles. The average molecular weight is 1020 g/mol. The summed E-state index contributed by atoms with van der Waals surface area (Å²) in [6, 6.07) is 0. The fraction of sp³-hybridized carbons (Fsp3) is 0.645. The topological polar surface area (TPSA) is 108 Å². The van der Waals surface area contributed by atoms with Gasteiger partial charge in [-0.3, -0.25) is 18.6 Å². The molecule has 0 aromatic heterocycles. The van der Waals surface area contributed by atoms with Crippen LogP contribution in [0.5, 0.6) is 0 Å². The Hall–Kier alpha value is -3.59. The van der Waals surface area contributed by atoms with Gasteiger partial charge in [0.1, 0.15) is 19.8 Å². The molecule has 0 rings (SSSR count). The summed E-state index contributed by atoms with van der Waals surface area (Å²) in [5.74, 6) is -0.844. The van der Waals surface area contributed by atoms with Crippen molar-refractivity contribution in [1.29, 1.82) is 0 Å². The first-order valence-electron chi connectivity index (χ1n) is 28.3. The molecule has 0 heterocycles. The molecule has 1 N–H and O–H groups in total. The van der Waals surface area contributed by atoms with Crippen molar-refractivity contribution >= 4 is 19.8 Å². The lowest BCUT2D eigenvalue weighted by Gasteiger charge is -2.24. The molecule has 0 radical (unpaired) electrons. The SMILES string of the molecule is CC/C=C\C/C=C\C/C=C\C/C=C\C/C=C\CCCCCCCCCCCCCCCC(=O)OC(COC(=O)CCCCC/C=C\C/C=C\C/C=C\C/C=C\C/C=C\CC)COP(=O)(O)OCC[N+](C)(C)C. The van der Waals surface area contributed by atoms with Gasteiger partial charge < -0.3 is 18.9 Å². The summed E-state index contributed by atoms with van der Waals surface area (Å²) >= 11 is 0. The summed E-state index contributed by atoms with van der Waals surface area (Å²) in [5.41, 5.74) is 0. The Kier molecular flexibility index (Phi) is 49.7. The number of likely N-dealkylation sites (N-methyl/N-ethyl adjacent to an activating group) is 1. The van der Waals surface area contributed by atoms with Crippen molar-refractivity contribution in [2.45, 2.75) is 213 Å². The lowest BCUT2D eigenvalue weighted by Crippen LogP contribution is -2.37. The van der Waals surface area contributed by atoms with Crippen LogP contribution in [0.15, 0.2) is 122 Å². The summed E-state index contributed by atoms with van der Waals surface area (Å²) in [4.78, 5) is 35.7. The number of phosphoric ester groups is 1. The highest BCUT2D eigenvalue weighted by Crippen LogP contribution is 2.43. The van der Waals surface area contributed by atoms with Crippen molar-refractivity contribution in [2.24, 2.45) is 0 Å². The highest BCUT2D eigenvalue weighted by molar-refractivity contribution is 7.47. The van der Waals surface area contributed by atoms with Gasteiger partial charge in [-0.2, -0.15) is 0 Å². The summed E-state index contributed by atoms with van der Waals surface area (Å²) < 4.78 is 34.5. The first-order valence-corrected chi connectivity index (χ1v) is 29.8. The number of hydrogen-bond donors (Lipinski definition) is 1. The standard InChI is InChI=1S/C62H104NO8P/c1-6-8-10-12-14-16-18-20-22-24-26-27-28-29-30-31-32-33-34-35-37-39-41-43-45-47-49-51-53-55-62(65)71-60(59-70-72(66,67)69-57-56-63(3,4)5)58-68-61(64)54-52-50-48-46-44-42-40-38-36-25-23-21-19-17-15-13-11-9-7-2/h8-11,14-17,20-23,26-27,29-30,36,38,42,44,60H,6-7,12-13,18-19,24-25,28,31-35,37,39-41,43,45-59H2,1-5H3/p+1/b10-8-,11-9-,16-14-,17-15-,22-20-,23-21-,27-26-,30-29-,38-36-,44-42-. The number of esters is 2. The van der Waals surface area contributed by atoms with Gasteiger partial charge in [0.2, 0.25) is 0 Å². The van der Waals surface area contributed by atoms with Crippen LogP contribution in [0.1, 0.15) is 206 Å². The molecule has 10 heteroatoms. The molecule has 0 fully saturated rings. The van der Waals surface area contributed by atoms with Crippen LogP contribution in [0.2, 0.25) is 0 Å². The predicted molar refractivity (Wildman–Crippen MR) is 307 cm³/mol. The monoisotopic (exact) mass is 1020 g/mol. The minimum Gasteiger partial charge on any atom is -0.462 e. The van der Waals surface area contributed by atoms with Gasteiger partial charge in [0.05, 0.1) is 27.7 Å². The van der Waals surface area contributed by atoms with E-state index in [-0.39, 0.29) is 26.1 Å². The van der Waals surface area contributed by atoms with Gasteiger partial charge in [0.25, 0.3) is 0 Å². The van der Waals surface area contributed by atoms with Crippen LogP contribution < -0.4 is 0 Å². The summed E-state index contributed by atoms with van der Waals surface area (Å²) in [7, 11) is 1.44. The van der Waals surface area contributed by atoms with Crippen LogP contribution >= 0.6 is 7.82 Å². The number of carbonyl (C=O) groups excluding carboxylic acids is 2. The summed E-state index contributed by atoms with van der Waals surface area (Å²) in [5, 5.41) is 0. The Bertz CT molecular complexity index is 1630. The molecule has 0 bridgehead atoms. The zero-order valence-electron chi connectivity index (χ0n) is 46.4. The van der Waals surface area contributed by atoms with Crippen molar-refractivity contribution in [2.75, 3.05) is 47.5 Å². The van der Waals surface area contributed by atoms with Crippen LogP contribution in [0.4, 0.5) is 0 Å². The minimum absolute atomic E-state index is 0.0196. The number of unbranched alkanes of at least 4 members (excludes halogenated alkanes) is 16. The van der Waals surface area contributed by atoms with Gasteiger partial charge >= 0.3 is 19.8 Å². The van der Waals surface area contributed by atoms with E-state index >= 15 is 0 Å². The van der Waals surface area contributed by atoms with E-state index in [9.17, 15) is 19.0 Å². The molecule has 0 amide bonds. The molecule has 2 atom stereocenters. The van der Waals surface area contributed by atoms with Gasteiger partial charge in [-0.1, -0.05) is 212 Å². The zero-order valence-corrected chi connectivity index (χ0v) is 47.3. The van der Waals surface area contributed by atoms with Gasteiger partial charge in [-0.05, 0) is 103 Å². The number of nitrogens with zero attached hydrogens (tertiary/aromatic N) is 1. The number of rotatable bonds is 50. The molecule has 0 saturated carbocycles. The average Bonchev–Trinajstić information content (AvgIpc) is 3.34. The number of phosphoric acid groups is 1. The fourth-order valence-electron chi connectivity index (χ4n) is 7.19. The molecule has 0 spiro atoms.